The fourth-order valence-electron chi connectivity index (χ4n) is 6.97. The zero-order valence-corrected chi connectivity index (χ0v) is 34.5. The number of anilines is 2. The first kappa shape index (κ1) is 51.0. The van der Waals surface area contributed by atoms with Crippen LogP contribution in [0.15, 0.2) is 0 Å². The van der Waals surface area contributed by atoms with Gasteiger partial charge in [-0.2, -0.15) is 0 Å². The molecule has 0 bridgehead atoms. The number of hydrogen-bond donors (Lipinski definition) is 13. The molecule has 21 heteroatoms. The monoisotopic (exact) mass is 850 g/mol. The summed E-state index contributed by atoms with van der Waals surface area (Å²) in [5.74, 6) is -3.15. The molecule has 21 nitrogen and oxygen atoms in total. The van der Waals surface area contributed by atoms with Crippen LogP contribution in [0.3, 0.4) is 0 Å². The Hall–Kier alpha value is -5.10. The van der Waals surface area contributed by atoms with Crippen molar-refractivity contribution in [3.05, 3.63) is 55.6 Å². The van der Waals surface area contributed by atoms with E-state index in [4.69, 9.17) is 0 Å². The number of aliphatic hydroxyl groups is 9. The lowest BCUT2D eigenvalue weighted by molar-refractivity contribution is -0.108. The summed E-state index contributed by atoms with van der Waals surface area (Å²) >= 11 is 0. The second-order valence-electron chi connectivity index (χ2n) is 14.3. The van der Waals surface area contributed by atoms with Crippen molar-refractivity contribution >= 4 is 47.8 Å². The molecule has 2 aromatic carbocycles. The average Bonchev–Trinajstić information content (AvgIpc) is 3.21. The Morgan fingerprint density at radius 2 is 0.650 bits per heavy atom. The molecule has 13 N–H and O–H groups in total. The lowest BCUT2D eigenvalue weighted by Gasteiger charge is -2.31. The van der Waals surface area contributed by atoms with Crippen LogP contribution >= 0.6 is 0 Å². The van der Waals surface area contributed by atoms with Gasteiger partial charge >= 0.3 is 0 Å². The summed E-state index contributed by atoms with van der Waals surface area (Å²) in [4.78, 5) is 81.8. The Labute approximate surface area is 346 Å². The van der Waals surface area contributed by atoms with E-state index in [1.54, 1.807) is 0 Å². The minimum Gasteiger partial charge on any atom is -0.394 e. The Kier molecular flexibility index (Phi) is 20.1. The third-order valence-electron chi connectivity index (χ3n) is 9.81. The van der Waals surface area contributed by atoms with Gasteiger partial charge in [0.1, 0.15) is 0 Å². The van der Waals surface area contributed by atoms with E-state index < -0.39 is 93.7 Å². The van der Waals surface area contributed by atoms with Crippen molar-refractivity contribution < 1.29 is 74.7 Å². The van der Waals surface area contributed by atoms with Gasteiger partial charge in [0.25, 0.3) is 23.6 Å². The van der Waals surface area contributed by atoms with Gasteiger partial charge in [0.05, 0.1) is 81.4 Å². The molecule has 2 rings (SSSR count). The normalized spacial score (nSPS) is 13.7. The van der Waals surface area contributed by atoms with Gasteiger partial charge in [-0.05, 0) is 74.9 Å². The summed E-state index contributed by atoms with van der Waals surface area (Å²) < 4.78 is 0. The molecule has 4 atom stereocenters. The lowest BCUT2D eigenvalue weighted by atomic mass is 9.89. The summed E-state index contributed by atoms with van der Waals surface area (Å²) in [5, 5.41) is 97.8. The van der Waals surface area contributed by atoms with Gasteiger partial charge in [-0.1, -0.05) is 0 Å². The van der Waals surface area contributed by atoms with Gasteiger partial charge in [0.15, 0.2) is 0 Å². The van der Waals surface area contributed by atoms with E-state index in [1.807, 2.05) is 0 Å². The third kappa shape index (κ3) is 12.5. The smallest absolute Gasteiger partial charge is 0.252 e. The summed E-state index contributed by atoms with van der Waals surface area (Å²) in [5.41, 5.74) is 0.559. The van der Waals surface area contributed by atoms with Gasteiger partial charge in [-0.3, -0.25) is 28.8 Å². The van der Waals surface area contributed by atoms with Gasteiger partial charge < -0.3 is 77.0 Å². The molecular weight excluding hydrogens is 792 g/mol. The molecule has 60 heavy (non-hydrogen) atoms. The van der Waals surface area contributed by atoms with Crippen molar-refractivity contribution in [3.8, 4) is 0 Å². The summed E-state index contributed by atoms with van der Waals surface area (Å²) in [6.07, 6.45) is -6.23. The maximum Gasteiger partial charge on any atom is 0.252 e. The highest BCUT2D eigenvalue weighted by molar-refractivity contribution is 6.08. The SMILES string of the molecule is Cc1c(C(=O)NCC(O)CO)c(C)c(N(C=O)CC(O)CN(C=O)c2c(C)c(C(=O)NCC(O)CO)c(C)c(C(=O)NCC(O)CO)c2C)c(C)c1C(=O)NCC(O)CO. The first-order valence-electron chi connectivity index (χ1n) is 18.9. The number of amides is 6. The Morgan fingerprint density at radius 1 is 0.433 bits per heavy atom. The van der Waals surface area contributed by atoms with Crippen molar-refractivity contribution in [1.82, 2.24) is 21.3 Å². The standard InChI is InChI=1S/C39H58N6O15/c1-19-30(36(57)40-7-25(52)13-46)21(3)34(22(4)31(19)37(58)41-8-26(53)14-47)44(17-50)11-29(56)12-45(18-51)35-23(5)32(38(59)42-9-27(54)15-48)20(2)33(24(35)6)39(60)43-10-28(55)16-49/h17-18,25-29,46-49,52-56H,7-16H2,1-6H3,(H,40,57)(H,41,58)(H,42,59)(H,43,60). The summed E-state index contributed by atoms with van der Waals surface area (Å²) in [6, 6.07) is 0. The highest BCUT2D eigenvalue weighted by Gasteiger charge is 2.31. The zero-order valence-electron chi connectivity index (χ0n) is 34.5. The number of aliphatic hydroxyl groups excluding tert-OH is 9. The van der Waals surface area contributed by atoms with Gasteiger partial charge in [-0.15, -0.1) is 0 Å². The largest absolute Gasteiger partial charge is 0.394 e. The van der Waals surface area contributed by atoms with Crippen LogP contribution in [0.4, 0.5) is 11.4 Å². The fourth-order valence-corrected chi connectivity index (χ4v) is 6.97. The molecule has 0 heterocycles. The van der Waals surface area contributed by atoms with Crippen LogP contribution in [0, 0.1) is 41.5 Å². The molecule has 0 saturated carbocycles. The van der Waals surface area contributed by atoms with E-state index in [9.17, 15) is 74.7 Å². The predicted octanol–water partition coefficient (Wildman–Crippen LogP) is -4.14. The molecule has 0 saturated heterocycles. The van der Waals surface area contributed by atoms with E-state index in [0.717, 1.165) is 9.80 Å². The van der Waals surface area contributed by atoms with Crippen LogP contribution in [0.5, 0.6) is 0 Å². The zero-order chi connectivity index (χ0) is 45.6. The van der Waals surface area contributed by atoms with Crippen molar-refractivity contribution in [2.24, 2.45) is 0 Å². The molecule has 0 aromatic heterocycles. The maximum atomic E-state index is 13.5. The van der Waals surface area contributed by atoms with Crippen LogP contribution in [0.1, 0.15) is 74.8 Å². The topological polar surface area (TPSA) is 339 Å². The molecular formula is C39H58N6O15. The van der Waals surface area contributed by atoms with Crippen LogP contribution in [-0.4, -0.2) is 179 Å². The van der Waals surface area contributed by atoms with Crippen molar-refractivity contribution in [3.63, 3.8) is 0 Å². The van der Waals surface area contributed by atoms with Crippen LogP contribution < -0.4 is 31.1 Å². The second kappa shape index (κ2) is 23.6. The molecule has 0 fully saturated rings. The van der Waals surface area contributed by atoms with E-state index in [1.165, 1.54) is 41.5 Å². The molecule has 0 aliphatic heterocycles. The van der Waals surface area contributed by atoms with Crippen LogP contribution in [0.2, 0.25) is 0 Å². The minimum atomic E-state index is -1.59. The molecule has 0 aliphatic rings. The van der Waals surface area contributed by atoms with E-state index in [0.29, 0.717) is 12.8 Å². The van der Waals surface area contributed by atoms with Gasteiger partial charge in [0.2, 0.25) is 12.8 Å². The molecule has 334 valence electrons. The Bertz CT molecular complexity index is 1640. The first-order valence-corrected chi connectivity index (χ1v) is 18.9. The van der Waals surface area contributed by atoms with Crippen molar-refractivity contribution in [2.75, 3.05) is 75.5 Å². The second-order valence-corrected chi connectivity index (χ2v) is 14.3. The lowest BCUT2D eigenvalue weighted by Crippen LogP contribution is -2.42. The molecule has 0 spiro atoms. The molecule has 2 aromatic rings. The van der Waals surface area contributed by atoms with Crippen molar-refractivity contribution in [2.45, 2.75) is 72.1 Å². The quantitative estimate of drug-likeness (QED) is 0.0446. The molecule has 0 radical (unpaired) electrons. The van der Waals surface area contributed by atoms with Crippen LogP contribution in [-0.2, 0) is 9.59 Å². The average molecular weight is 851 g/mol. The highest BCUT2D eigenvalue weighted by Crippen LogP contribution is 2.36. The first-order chi connectivity index (χ1) is 28.3. The van der Waals surface area contributed by atoms with Gasteiger partial charge in [-0.25, -0.2) is 0 Å². The minimum absolute atomic E-state index is 0.00348. The molecule has 4 unspecified atom stereocenters. The number of carbonyl (C=O) groups is 6. The van der Waals surface area contributed by atoms with Gasteiger partial charge in [0, 0.05) is 48.4 Å². The molecule has 6 amide bonds. The Morgan fingerprint density at radius 3 is 0.833 bits per heavy atom. The number of rotatable bonds is 24. The number of benzene rings is 2. The summed E-state index contributed by atoms with van der Waals surface area (Å²) in [6.45, 7) is 3.53. The number of nitrogens with one attached hydrogen (secondary N) is 4. The number of nitrogens with zero attached hydrogens (tertiary/aromatic N) is 2. The summed E-state index contributed by atoms with van der Waals surface area (Å²) in [7, 11) is 0. The van der Waals surface area contributed by atoms with Crippen molar-refractivity contribution in [1.29, 1.82) is 0 Å². The van der Waals surface area contributed by atoms with Crippen LogP contribution in [0.25, 0.3) is 0 Å². The Balaban J connectivity index is 2.74. The maximum absolute atomic E-state index is 13.5. The number of hydrogen-bond acceptors (Lipinski definition) is 15. The van der Waals surface area contributed by atoms with E-state index in [-0.39, 0.29) is 93.2 Å². The fraction of sp³-hybridized carbons (Fsp3) is 0.538. The molecule has 0 aliphatic carbocycles. The predicted molar refractivity (Wildman–Crippen MR) is 216 cm³/mol. The van der Waals surface area contributed by atoms with E-state index >= 15 is 0 Å². The third-order valence-corrected chi connectivity index (χ3v) is 9.81. The van der Waals surface area contributed by atoms with E-state index in [2.05, 4.69) is 21.3 Å². The number of carbonyl (C=O) groups excluding carboxylic acids is 6. The highest BCUT2D eigenvalue weighted by atomic mass is 16.3.